The second kappa shape index (κ2) is 4.40. The molecule has 0 saturated heterocycles. The number of nitrogens with one attached hydrogen (secondary N) is 1. The lowest BCUT2D eigenvalue weighted by molar-refractivity contribution is 0.0193. The number of hydrogen-bond donors (Lipinski definition) is 1. The smallest absolute Gasteiger partial charge is 0.251 e. The van der Waals surface area contributed by atoms with Crippen molar-refractivity contribution in [3.63, 3.8) is 0 Å². The van der Waals surface area contributed by atoms with Gasteiger partial charge in [-0.2, -0.15) is 0 Å². The Morgan fingerprint density at radius 3 is 2.78 bits per heavy atom. The number of methoxy groups -OCH3 is 1. The van der Waals surface area contributed by atoms with Crippen LogP contribution in [0.4, 0.5) is 0 Å². The van der Waals surface area contributed by atoms with E-state index in [2.05, 4.69) is 5.32 Å². The quantitative estimate of drug-likeness (QED) is 0.867. The summed E-state index contributed by atoms with van der Waals surface area (Å²) >= 11 is 0. The predicted octanol–water partition coefficient (Wildman–Crippen LogP) is 1.60. The molecule has 0 saturated carbocycles. The average Bonchev–Trinajstić information content (AvgIpc) is 2.34. The highest BCUT2D eigenvalue weighted by molar-refractivity contribution is 5.95. The zero-order valence-corrected chi connectivity index (χ0v) is 11.0. The maximum atomic E-state index is 11.7. The summed E-state index contributed by atoms with van der Waals surface area (Å²) in [5.41, 5.74) is 0.0636. The molecule has 0 unspecified atom stereocenters. The van der Waals surface area contributed by atoms with E-state index in [0.717, 1.165) is 0 Å². The van der Waals surface area contributed by atoms with Crippen molar-refractivity contribution in [2.75, 3.05) is 20.8 Å². The van der Waals surface area contributed by atoms with Crippen LogP contribution in [0.1, 0.15) is 24.2 Å². The number of hydrogen-bond acceptors (Lipinski definition) is 4. The van der Waals surface area contributed by atoms with Crippen LogP contribution in [-0.4, -0.2) is 32.3 Å². The molecule has 1 amide bonds. The Hall–Kier alpha value is -1.91. The minimum absolute atomic E-state index is 0.192. The van der Waals surface area contributed by atoms with Crippen molar-refractivity contribution in [2.45, 2.75) is 19.4 Å². The fraction of sp³-hybridized carbons (Fsp3) is 0.462. The first-order valence-corrected chi connectivity index (χ1v) is 5.73. The SMILES string of the molecule is CNC(=O)c1cc(OC)c2c(c1)OC(C)(C)CO2. The molecule has 1 heterocycles. The number of carbonyl (C=O) groups is 1. The number of ether oxygens (including phenoxy) is 3. The van der Waals surface area contributed by atoms with Crippen molar-refractivity contribution in [3.05, 3.63) is 17.7 Å². The zero-order valence-electron chi connectivity index (χ0n) is 11.0. The van der Waals surface area contributed by atoms with Crippen LogP contribution in [0.25, 0.3) is 0 Å². The molecule has 1 aromatic carbocycles. The molecule has 0 atom stereocenters. The maximum absolute atomic E-state index is 11.7. The van der Waals surface area contributed by atoms with Crippen LogP contribution in [0, 0.1) is 0 Å². The topological polar surface area (TPSA) is 56.8 Å². The lowest BCUT2D eigenvalue weighted by Crippen LogP contribution is -2.39. The summed E-state index contributed by atoms with van der Waals surface area (Å²) in [6.45, 7) is 4.29. The molecule has 1 aromatic rings. The molecule has 0 bridgehead atoms. The molecule has 0 spiro atoms. The minimum Gasteiger partial charge on any atom is -0.493 e. The largest absolute Gasteiger partial charge is 0.493 e. The van der Waals surface area contributed by atoms with Gasteiger partial charge in [-0.3, -0.25) is 4.79 Å². The van der Waals surface area contributed by atoms with E-state index in [4.69, 9.17) is 14.2 Å². The molecule has 5 nitrogen and oxygen atoms in total. The van der Waals surface area contributed by atoms with Gasteiger partial charge in [0.1, 0.15) is 12.2 Å². The van der Waals surface area contributed by atoms with Crippen molar-refractivity contribution in [3.8, 4) is 17.2 Å². The van der Waals surface area contributed by atoms with Crippen LogP contribution in [0.5, 0.6) is 17.2 Å². The van der Waals surface area contributed by atoms with Gasteiger partial charge in [0.05, 0.1) is 7.11 Å². The summed E-state index contributed by atoms with van der Waals surface area (Å²) in [4.78, 5) is 11.7. The van der Waals surface area contributed by atoms with E-state index < -0.39 is 5.60 Å². The third-order valence-corrected chi connectivity index (χ3v) is 2.68. The van der Waals surface area contributed by atoms with Crippen LogP contribution in [0.2, 0.25) is 0 Å². The van der Waals surface area contributed by atoms with E-state index in [1.807, 2.05) is 13.8 Å². The number of rotatable bonds is 2. The van der Waals surface area contributed by atoms with E-state index >= 15 is 0 Å². The molecule has 0 radical (unpaired) electrons. The van der Waals surface area contributed by atoms with E-state index in [9.17, 15) is 4.79 Å². The zero-order chi connectivity index (χ0) is 13.3. The van der Waals surface area contributed by atoms with Crippen molar-refractivity contribution in [1.82, 2.24) is 5.32 Å². The lowest BCUT2D eigenvalue weighted by atomic mass is 10.1. The van der Waals surface area contributed by atoms with Gasteiger partial charge < -0.3 is 19.5 Å². The monoisotopic (exact) mass is 251 g/mol. The summed E-state index contributed by atoms with van der Waals surface area (Å²) in [5.74, 6) is 1.39. The first-order valence-electron chi connectivity index (χ1n) is 5.73. The first kappa shape index (κ1) is 12.5. The van der Waals surface area contributed by atoms with Crippen LogP contribution < -0.4 is 19.5 Å². The van der Waals surface area contributed by atoms with Crippen molar-refractivity contribution in [1.29, 1.82) is 0 Å². The van der Waals surface area contributed by atoms with Gasteiger partial charge in [-0.05, 0) is 26.0 Å². The standard InChI is InChI=1S/C13H17NO4/c1-13(2)7-17-11-9(16-4)5-8(12(15)14-3)6-10(11)18-13/h5-6H,7H2,1-4H3,(H,14,15). The number of benzene rings is 1. The Balaban J connectivity index is 2.49. The highest BCUT2D eigenvalue weighted by Gasteiger charge is 2.31. The molecule has 1 aliphatic rings. The van der Waals surface area contributed by atoms with Crippen LogP contribution in [-0.2, 0) is 0 Å². The Labute approximate surface area is 106 Å². The van der Waals surface area contributed by atoms with Crippen molar-refractivity contribution in [2.24, 2.45) is 0 Å². The number of amides is 1. The van der Waals surface area contributed by atoms with Crippen LogP contribution in [0.15, 0.2) is 12.1 Å². The molecule has 5 heteroatoms. The van der Waals surface area contributed by atoms with Gasteiger partial charge in [-0.25, -0.2) is 0 Å². The average molecular weight is 251 g/mol. The van der Waals surface area contributed by atoms with Gasteiger partial charge in [0.15, 0.2) is 11.5 Å². The normalized spacial score (nSPS) is 16.0. The van der Waals surface area contributed by atoms with Gasteiger partial charge >= 0.3 is 0 Å². The molecular weight excluding hydrogens is 234 g/mol. The fourth-order valence-corrected chi connectivity index (χ4v) is 1.79. The fourth-order valence-electron chi connectivity index (χ4n) is 1.79. The highest BCUT2D eigenvalue weighted by atomic mass is 16.6. The van der Waals surface area contributed by atoms with Gasteiger partial charge in [0.2, 0.25) is 5.75 Å². The second-order valence-electron chi connectivity index (χ2n) is 4.74. The molecule has 18 heavy (non-hydrogen) atoms. The second-order valence-corrected chi connectivity index (χ2v) is 4.74. The number of fused-ring (bicyclic) bond motifs is 1. The summed E-state index contributed by atoms with van der Waals surface area (Å²) in [5, 5.41) is 2.57. The van der Waals surface area contributed by atoms with Crippen LogP contribution in [0.3, 0.4) is 0 Å². The predicted molar refractivity (Wildman–Crippen MR) is 66.6 cm³/mol. The molecule has 1 N–H and O–H groups in total. The highest BCUT2D eigenvalue weighted by Crippen LogP contribution is 2.43. The summed E-state index contributed by atoms with van der Waals surface area (Å²) in [6.07, 6.45) is 0. The van der Waals surface area contributed by atoms with Gasteiger partial charge in [-0.15, -0.1) is 0 Å². The van der Waals surface area contributed by atoms with Gasteiger partial charge in [0, 0.05) is 12.6 Å². The Kier molecular flexibility index (Phi) is 3.07. The third kappa shape index (κ3) is 2.20. The minimum atomic E-state index is -0.417. The summed E-state index contributed by atoms with van der Waals surface area (Å²) in [6, 6.07) is 3.30. The Morgan fingerprint density at radius 2 is 2.17 bits per heavy atom. The molecule has 1 aliphatic heterocycles. The summed E-state index contributed by atoms with van der Waals surface area (Å²) < 4.78 is 16.7. The third-order valence-electron chi connectivity index (χ3n) is 2.68. The van der Waals surface area contributed by atoms with Crippen molar-refractivity contribution >= 4 is 5.91 Å². The summed E-state index contributed by atoms with van der Waals surface area (Å²) in [7, 11) is 3.11. The van der Waals surface area contributed by atoms with E-state index in [0.29, 0.717) is 29.4 Å². The van der Waals surface area contributed by atoms with Gasteiger partial charge in [0.25, 0.3) is 5.91 Å². The molecule has 98 valence electrons. The molecular formula is C13H17NO4. The molecule has 0 aromatic heterocycles. The number of carbonyl (C=O) groups excluding carboxylic acids is 1. The molecule has 0 aliphatic carbocycles. The van der Waals surface area contributed by atoms with E-state index in [-0.39, 0.29) is 5.91 Å². The maximum Gasteiger partial charge on any atom is 0.251 e. The first-order chi connectivity index (χ1) is 8.46. The van der Waals surface area contributed by atoms with Gasteiger partial charge in [-0.1, -0.05) is 0 Å². The molecule has 0 fully saturated rings. The lowest BCUT2D eigenvalue weighted by Gasteiger charge is -2.33. The molecule has 2 rings (SSSR count). The Bertz CT molecular complexity index is 482. The van der Waals surface area contributed by atoms with Crippen LogP contribution >= 0.6 is 0 Å². The van der Waals surface area contributed by atoms with E-state index in [1.165, 1.54) is 7.11 Å². The van der Waals surface area contributed by atoms with Crippen molar-refractivity contribution < 1.29 is 19.0 Å². The van der Waals surface area contributed by atoms with E-state index in [1.54, 1.807) is 19.2 Å². The Morgan fingerprint density at radius 1 is 1.44 bits per heavy atom.